The Bertz CT molecular complexity index is 446. The van der Waals surface area contributed by atoms with Gasteiger partial charge in [0.15, 0.2) is 0 Å². The highest BCUT2D eigenvalue weighted by atomic mass is 35.5. The zero-order valence-corrected chi connectivity index (χ0v) is 12.8. The lowest BCUT2D eigenvalue weighted by Gasteiger charge is -2.24. The van der Waals surface area contributed by atoms with Gasteiger partial charge in [0, 0.05) is 15.9 Å². The highest BCUT2D eigenvalue weighted by Crippen LogP contribution is 2.27. The molecule has 1 rings (SSSR count). The van der Waals surface area contributed by atoms with Crippen LogP contribution in [0.25, 0.3) is 0 Å². The zero-order chi connectivity index (χ0) is 13.9. The van der Waals surface area contributed by atoms with Crippen molar-refractivity contribution in [2.75, 3.05) is 5.88 Å². The third-order valence-corrected chi connectivity index (χ3v) is 3.96. The molecule has 0 aromatic heterocycles. The van der Waals surface area contributed by atoms with Gasteiger partial charge in [0.1, 0.15) is 0 Å². The minimum absolute atomic E-state index is 0.101. The minimum atomic E-state index is -0.602. The molecule has 0 fully saturated rings. The number of rotatable bonds is 4. The van der Waals surface area contributed by atoms with Crippen LogP contribution in [0.15, 0.2) is 18.2 Å². The molecule has 1 N–H and O–H groups in total. The van der Waals surface area contributed by atoms with Crippen molar-refractivity contribution in [2.45, 2.75) is 26.8 Å². The maximum absolute atomic E-state index is 12.0. The lowest BCUT2D eigenvalue weighted by Crippen LogP contribution is -2.39. The van der Waals surface area contributed by atoms with Gasteiger partial charge in [0.2, 0.25) is 5.91 Å². The molecule has 0 saturated carbocycles. The molecular formula is C13H16Cl3NO. The number of nitrogens with one attached hydrogen (secondary N) is 1. The van der Waals surface area contributed by atoms with Gasteiger partial charge in [-0.3, -0.25) is 4.79 Å². The fourth-order valence-electron chi connectivity index (χ4n) is 1.38. The Hall–Kier alpha value is -0.440. The molecule has 0 radical (unpaired) electrons. The van der Waals surface area contributed by atoms with E-state index in [1.165, 1.54) is 0 Å². The molecular weight excluding hydrogens is 293 g/mol. The Labute approximate surface area is 123 Å². The summed E-state index contributed by atoms with van der Waals surface area (Å²) in [6, 6.07) is 5.03. The zero-order valence-electron chi connectivity index (χ0n) is 10.6. The van der Waals surface area contributed by atoms with Gasteiger partial charge in [-0.15, -0.1) is 11.6 Å². The van der Waals surface area contributed by atoms with Gasteiger partial charge in [-0.05, 0) is 38.5 Å². The summed E-state index contributed by atoms with van der Waals surface area (Å²) < 4.78 is 0. The second kappa shape index (κ2) is 6.14. The molecule has 0 spiro atoms. The smallest absolute Gasteiger partial charge is 0.227 e. The predicted octanol–water partition coefficient (Wildman–Crippen LogP) is 4.44. The van der Waals surface area contributed by atoms with E-state index in [1.807, 2.05) is 13.0 Å². The maximum atomic E-state index is 12.0. The van der Waals surface area contributed by atoms with Gasteiger partial charge in [-0.25, -0.2) is 0 Å². The van der Waals surface area contributed by atoms with Gasteiger partial charge in [-0.1, -0.05) is 29.3 Å². The minimum Gasteiger partial charge on any atom is -0.349 e. The normalized spacial score (nSPS) is 13.2. The molecule has 1 amide bonds. The van der Waals surface area contributed by atoms with E-state index in [4.69, 9.17) is 34.8 Å². The van der Waals surface area contributed by atoms with Gasteiger partial charge in [0.05, 0.1) is 11.5 Å². The van der Waals surface area contributed by atoms with Gasteiger partial charge >= 0.3 is 0 Å². The van der Waals surface area contributed by atoms with Gasteiger partial charge in [-0.2, -0.15) is 0 Å². The van der Waals surface area contributed by atoms with E-state index in [-0.39, 0.29) is 17.8 Å². The molecule has 0 aliphatic heterocycles. The number of amides is 1. The van der Waals surface area contributed by atoms with E-state index < -0.39 is 5.41 Å². The summed E-state index contributed by atoms with van der Waals surface area (Å²) in [6.45, 7) is 5.47. The number of benzene rings is 1. The Morgan fingerprint density at radius 1 is 1.39 bits per heavy atom. The third kappa shape index (κ3) is 3.78. The first-order valence-corrected chi connectivity index (χ1v) is 6.89. The van der Waals surface area contributed by atoms with Crippen LogP contribution in [0.1, 0.15) is 32.4 Å². The SMILES string of the molecule is CC(NC(=O)C(C)(C)CCl)c1ccc(Cl)cc1Cl. The number of alkyl halides is 1. The van der Waals surface area contributed by atoms with E-state index in [0.29, 0.717) is 10.0 Å². The van der Waals surface area contributed by atoms with E-state index >= 15 is 0 Å². The van der Waals surface area contributed by atoms with Crippen LogP contribution in [0, 0.1) is 5.41 Å². The van der Waals surface area contributed by atoms with Crippen LogP contribution in [0.5, 0.6) is 0 Å². The molecule has 0 aliphatic rings. The molecule has 1 aromatic carbocycles. The first-order valence-electron chi connectivity index (χ1n) is 5.60. The Morgan fingerprint density at radius 2 is 2.00 bits per heavy atom. The monoisotopic (exact) mass is 307 g/mol. The fraction of sp³-hybridized carbons (Fsp3) is 0.462. The molecule has 0 aliphatic carbocycles. The van der Waals surface area contributed by atoms with Crippen LogP contribution in [-0.2, 0) is 4.79 Å². The molecule has 1 unspecified atom stereocenters. The van der Waals surface area contributed by atoms with E-state index in [2.05, 4.69) is 5.32 Å². The fourth-order valence-corrected chi connectivity index (χ4v) is 2.08. The van der Waals surface area contributed by atoms with Crippen molar-refractivity contribution in [2.24, 2.45) is 5.41 Å². The third-order valence-electron chi connectivity index (χ3n) is 2.73. The van der Waals surface area contributed by atoms with E-state index in [1.54, 1.807) is 26.0 Å². The summed E-state index contributed by atoms with van der Waals surface area (Å²) in [5, 5.41) is 4.01. The van der Waals surface area contributed by atoms with Crippen LogP contribution in [0.3, 0.4) is 0 Å². The highest BCUT2D eigenvalue weighted by Gasteiger charge is 2.28. The molecule has 18 heavy (non-hydrogen) atoms. The molecule has 0 bridgehead atoms. The van der Waals surface area contributed by atoms with Crippen molar-refractivity contribution < 1.29 is 4.79 Å². The number of hydrogen-bond acceptors (Lipinski definition) is 1. The Kier molecular flexibility index (Phi) is 5.32. The van der Waals surface area contributed by atoms with Gasteiger partial charge < -0.3 is 5.32 Å². The number of hydrogen-bond donors (Lipinski definition) is 1. The first kappa shape index (κ1) is 15.6. The Balaban J connectivity index is 2.83. The second-order valence-corrected chi connectivity index (χ2v) is 5.99. The predicted molar refractivity (Wildman–Crippen MR) is 77.5 cm³/mol. The average Bonchev–Trinajstić information content (AvgIpc) is 2.28. The maximum Gasteiger partial charge on any atom is 0.227 e. The van der Waals surface area contributed by atoms with E-state index in [9.17, 15) is 4.79 Å². The average molecular weight is 309 g/mol. The topological polar surface area (TPSA) is 29.1 Å². The van der Waals surface area contributed by atoms with Crippen molar-refractivity contribution >= 4 is 40.7 Å². The molecule has 1 atom stereocenters. The lowest BCUT2D eigenvalue weighted by atomic mass is 9.94. The first-order chi connectivity index (χ1) is 8.27. The molecule has 0 heterocycles. The summed E-state index contributed by atoms with van der Waals surface area (Å²) in [7, 11) is 0. The molecule has 1 aromatic rings. The lowest BCUT2D eigenvalue weighted by molar-refractivity contribution is -0.129. The molecule has 2 nitrogen and oxygen atoms in total. The quantitative estimate of drug-likeness (QED) is 0.819. The summed E-state index contributed by atoms with van der Waals surface area (Å²) in [5.41, 5.74) is 0.231. The van der Waals surface area contributed by atoms with Crippen LogP contribution >= 0.6 is 34.8 Å². The van der Waals surface area contributed by atoms with E-state index in [0.717, 1.165) is 5.56 Å². The van der Waals surface area contributed by atoms with Crippen LogP contribution in [0.2, 0.25) is 10.0 Å². The van der Waals surface area contributed by atoms with Crippen molar-refractivity contribution in [3.8, 4) is 0 Å². The summed E-state index contributed by atoms with van der Waals surface area (Å²) in [5.74, 6) is 0.163. The standard InChI is InChI=1S/C13H16Cl3NO/c1-8(17-12(18)13(2,3)7-14)10-5-4-9(15)6-11(10)16/h4-6,8H,7H2,1-3H3,(H,17,18). The van der Waals surface area contributed by atoms with Crippen molar-refractivity contribution in [1.82, 2.24) is 5.32 Å². The summed E-state index contributed by atoms with van der Waals surface area (Å²) in [6.07, 6.45) is 0. The number of halogens is 3. The van der Waals surface area contributed by atoms with Gasteiger partial charge in [0.25, 0.3) is 0 Å². The van der Waals surface area contributed by atoms with Crippen LogP contribution in [-0.4, -0.2) is 11.8 Å². The highest BCUT2D eigenvalue weighted by molar-refractivity contribution is 6.35. The number of carbonyl (C=O) groups excluding carboxylic acids is 1. The Morgan fingerprint density at radius 3 is 2.50 bits per heavy atom. The molecule has 5 heteroatoms. The van der Waals surface area contributed by atoms with Crippen molar-refractivity contribution in [1.29, 1.82) is 0 Å². The molecule has 100 valence electrons. The van der Waals surface area contributed by atoms with Crippen LogP contribution in [0.4, 0.5) is 0 Å². The largest absolute Gasteiger partial charge is 0.349 e. The van der Waals surface area contributed by atoms with Crippen molar-refractivity contribution in [3.05, 3.63) is 33.8 Å². The van der Waals surface area contributed by atoms with Crippen molar-refractivity contribution in [3.63, 3.8) is 0 Å². The van der Waals surface area contributed by atoms with Crippen LogP contribution < -0.4 is 5.32 Å². The molecule has 0 saturated heterocycles. The summed E-state index contributed by atoms with van der Waals surface area (Å²) >= 11 is 17.7. The number of carbonyl (C=O) groups is 1. The summed E-state index contributed by atoms with van der Waals surface area (Å²) in [4.78, 5) is 12.0. The second-order valence-electron chi connectivity index (χ2n) is 4.88.